The normalized spacial score (nSPS) is 14.4. The first-order valence-electron chi connectivity index (χ1n) is 9.71. The Morgan fingerprint density at radius 1 is 1.10 bits per heavy atom. The zero-order valence-corrected chi connectivity index (χ0v) is 17.2. The van der Waals surface area contributed by atoms with Crippen molar-refractivity contribution in [3.05, 3.63) is 53.2 Å². The van der Waals surface area contributed by atoms with Crippen LogP contribution in [0.4, 0.5) is 11.4 Å². The Hall–Kier alpha value is -3.72. The smallest absolute Gasteiger partial charge is 0.272 e. The summed E-state index contributed by atoms with van der Waals surface area (Å²) < 4.78 is 0. The molecule has 31 heavy (non-hydrogen) atoms. The van der Waals surface area contributed by atoms with Crippen LogP contribution in [0, 0.1) is 5.41 Å². The summed E-state index contributed by atoms with van der Waals surface area (Å²) in [6, 6.07) is 12.3. The number of aromatic nitrogens is 5. The highest BCUT2D eigenvalue weighted by molar-refractivity contribution is 6.31. The fraction of sp³-hybridized carbons (Fsp3) is 0.190. The summed E-state index contributed by atoms with van der Waals surface area (Å²) in [7, 11) is 0. The number of halogens is 1. The van der Waals surface area contributed by atoms with Gasteiger partial charge in [-0.25, -0.2) is 0 Å². The number of H-pyrrole nitrogens is 2. The number of hydrogen-bond donors (Lipinski definition) is 4. The lowest BCUT2D eigenvalue weighted by Crippen LogP contribution is -2.21. The van der Waals surface area contributed by atoms with E-state index in [9.17, 15) is 9.59 Å². The molecule has 0 aliphatic heterocycles. The van der Waals surface area contributed by atoms with Gasteiger partial charge in [-0.05, 0) is 48.4 Å². The average molecular weight is 436 g/mol. The van der Waals surface area contributed by atoms with E-state index in [1.165, 1.54) is 0 Å². The monoisotopic (exact) mass is 435 g/mol. The van der Waals surface area contributed by atoms with Gasteiger partial charge in [-0.15, -0.1) is 10.2 Å². The molecule has 0 spiro atoms. The maximum absolute atomic E-state index is 13.0. The van der Waals surface area contributed by atoms with Crippen LogP contribution in [0.2, 0.25) is 5.02 Å². The van der Waals surface area contributed by atoms with Gasteiger partial charge in [-0.3, -0.25) is 9.59 Å². The summed E-state index contributed by atoms with van der Waals surface area (Å²) in [5, 5.41) is 21.0. The van der Waals surface area contributed by atoms with E-state index < -0.39 is 0 Å². The molecule has 156 valence electrons. The van der Waals surface area contributed by atoms with Gasteiger partial charge in [0.1, 0.15) is 5.69 Å². The number of nitrogens with one attached hydrogen (secondary N) is 4. The van der Waals surface area contributed by atoms with Crippen molar-refractivity contribution in [2.24, 2.45) is 5.41 Å². The Kier molecular flexibility index (Phi) is 4.48. The molecular weight excluding hydrogens is 418 g/mol. The molecule has 1 aliphatic rings. The number of nitrogens with zero attached hydrogens (tertiary/aromatic N) is 3. The summed E-state index contributed by atoms with van der Waals surface area (Å²) in [6.45, 7) is 1.95. The lowest BCUT2D eigenvalue weighted by atomic mass is 10.1. The van der Waals surface area contributed by atoms with Gasteiger partial charge in [0, 0.05) is 21.4 Å². The highest BCUT2D eigenvalue weighted by atomic mass is 35.5. The minimum absolute atomic E-state index is 0.00785. The minimum atomic E-state index is -0.352. The Bertz CT molecular complexity index is 1310. The second-order valence-electron chi connectivity index (χ2n) is 7.85. The number of hydrogen-bond acceptors (Lipinski definition) is 5. The third kappa shape index (κ3) is 3.64. The molecule has 1 aliphatic carbocycles. The van der Waals surface area contributed by atoms with Crippen LogP contribution in [-0.2, 0) is 4.79 Å². The van der Waals surface area contributed by atoms with Crippen LogP contribution in [-0.4, -0.2) is 37.4 Å². The SMILES string of the molecule is CC1(C(=O)Nc2cccc3cc(C(=O)Nc4ccc(Cl)cc4-c4nn[nH]n4)[nH]c23)CC1. The third-order valence-electron chi connectivity index (χ3n) is 5.51. The van der Waals surface area contributed by atoms with E-state index in [1.807, 2.05) is 25.1 Å². The molecule has 4 N–H and O–H groups in total. The third-order valence-corrected chi connectivity index (χ3v) is 5.75. The van der Waals surface area contributed by atoms with Crippen LogP contribution in [0.5, 0.6) is 0 Å². The number of fused-ring (bicyclic) bond motifs is 1. The van der Waals surface area contributed by atoms with E-state index in [1.54, 1.807) is 24.3 Å². The molecule has 2 amide bonds. The number of anilines is 2. The summed E-state index contributed by atoms with van der Waals surface area (Å²) in [6.07, 6.45) is 1.77. The van der Waals surface area contributed by atoms with Crippen molar-refractivity contribution in [1.29, 1.82) is 0 Å². The van der Waals surface area contributed by atoms with E-state index in [0.29, 0.717) is 39.0 Å². The zero-order valence-electron chi connectivity index (χ0n) is 16.5. The molecule has 9 nitrogen and oxygen atoms in total. The van der Waals surface area contributed by atoms with E-state index in [-0.39, 0.29) is 17.2 Å². The molecule has 0 unspecified atom stereocenters. The maximum Gasteiger partial charge on any atom is 0.272 e. The number of tetrazole rings is 1. The van der Waals surface area contributed by atoms with Crippen LogP contribution >= 0.6 is 11.6 Å². The van der Waals surface area contributed by atoms with Crippen LogP contribution in [0.25, 0.3) is 22.3 Å². The highest BCUT2D eigenvalue weighted by Crippen LogP contribution is 2.46. The lowest BCUT2D eigenvalue weighted by Gasteiger charge is -2.10. The van der Waals surface area contributed by atoms with Gasteiger partial charge in [0.2, 0.25) is 11.7 Å². The van der Waals surface area contributed by atoms with E-state index in [0.717, 1.165) is 18.2 Å². The first-order valence-corrected chi connectivity index (χ1v) is 10.1. The topological polar surface area (TPSA) is 128 Å². The molecule has 2 heterocycles. The first-order chi connectivity index (χ1) is 14.9. The molecule has 0 radical (unpaired) electrons. The number of aromatic amines is 2. The summed E-state index contributed by atoms with van der Waals surface area (Å²) in [4.78, 5) is 28.6. The van der Waals surface area contributed by atoms with Crippen LogP contribution in [0.15, 0.2) is 42.5 Å². The van der Waals surface area contributed by atoms with Crippen molar-refractivity contribution in [1.82, 2.24) is 25.6 Å². The van der Waals surface area contributed by atoms with Gasteiger partial charge in [-0.2, -0.15) is 5.21 Å². The van der Waals surface area contributed by atoms with Gasteiger partial charge in [0.25, 0.3) is 5.91 Å². The second-order valence-corrected chi connectivity index (χ2v) is 8.28. The van der Waals surface area contributed by atoms with Crippen LogP contribution in [0.1, 0.15) is 30.3 Å². The molecule has 1 fully saturated rings. The summed E-state index contributed by atoms with van der Waals surface area (Å²) in [5.41, 5.74) is 2.42. The Labute approximate surface area is 181 Å². The van der Waals surface area contributed by atoms with Gasteiger partial charge in [-0.1, -0.05) is 30.7 Å². The maximum atomic E-state index is 13.0. The van der Waals surface area contributed by atoms with E-state index >= 15 is 0 Å². The summed E-state index contributed by atoms with van der Waals surface area (Å²) in [5.74, 6) is -0.0470. The largest absolute Gasteiger partial charge is 0.349 e. The molecule has 5 rings (SSSR count). The number of carbonyl (C=O) groups excluding carboxylic acids is 2. The fourth-order valence-electron chi connectivity index (χ4n) is 3.35. The van der Waals surface area contributed by atoms with Crippen molar-refractivity contribution >= 4 is 45.7 Å². The summed E-state index contributed by atoms with van der Waals surface area (Å²) >= 11 is 6.10. The van der Waals surface area contributed by atoms with Crippen molar-refractivity contribution < 1.29 is 9.59 Å². The molecule has 1 saturated carbocycles. The first kappa shape index (κ1) is 19.3. The predicted octanol–water partition coefficient (Wildman–Crippen LogP) is 3.99. The Morgan fingerprint density at radius 3 is 2.68 bits per heavy atom. The van der Waals surface area contributed by atoms with Crippen molar-refractivity contribution in [2.45, 2.75) is 19.8 Å². The molecule has 0 bridgehead atoms. The average Bonchev–Trinajstić information content (AvgIpc) is 3.17. The lowest BCUT2D eigenvalue weighted by molar-refractivity contribution is -0.120. The molecule has 4 aromatic rings. The number of benzene rings is 2. The van der Waals surface area contributed by atoms with Crippen molar-refractivity contribution in [3.8, 4) is 11.4 Å². The second kappa shape index (κ2) is 7.21. The molecule has 0 atom stereocenters. The quantitative estimate of drug-likeness (QED) is 0.376. The predicted molar refractivity (Wildman–Crippen MR) is 117 cm³/mol. The molecule has 2 aromatic heterocycles. The van der Waals surface area contributed by atoms with Gasteiger partial charge < -0.3 is 15.6 Å². The minimum Gasteiger partial charge on any atom is -0.349 e. The van der Waals surface area contributed by atoms with Crippen LogP contribution in [0.3, 0.4) is 0 Å². The molecular formula is C21H18ClN7O2. The van der Waals surface area contributed by atoms with Crippen molar-refractivity contribution in [2.75, 3.05) is 10.6 Å². The molecule has 2 aromatic carbocycles. The van der Waals surface area contributed by atoms with Crippen LogP contribution < -0.4 is 10.6 Å². The number of carbonyl (C=O) groups is 2. The zero-order chi connectivity index (χ0) is 21.6. The van der Waals surface area contributed by atoms with Gasteiger partial charge in [0.15, 0.2) is 0 Å². The number of para-hydroxylation sites is 1. The van der Waals surface area contributed by atoms with E-state index in [4.69, 9.17) is 11.6 Å². The van der Waals surface area contributed by atoms with Gasteiger partial charge >= 0.3 is 0 Å². The molecule has 0 saturated heterocycles. The number of amides is 2. The van der Waals surface area contributed by atoms with E-state index in [2.05, 4.69) is 36.2 Å². The fourth-order valence-corrected chi connectivity index (χ4v) is 3.52. The Balaban J connectivity index is 1.44. The molecule has 10 heteroatoms. The standard InChI is InChI=1S/C21H18ClN7O2/c1-21(7-8-21)20(31)25-15-4-2-3-11-9-16(23-17(11)15)19(30)24-14-6-5-12(22)10-13(14)18-26-28-29-27-18/h2-6,9-10,23H,7-8H2,1H3,(H,24,30)(H,25,31)(H,26,27,28,29). The Morgan fingerprint density at radius 2 is 1.94 bits per heavy atom. The van der Waals surface area contributed by atoms with Crippen molar-refractivity contribution in [3.63, 3.8) is 0 Å². The number of rotatable bonds is 5. The highest BCUT2D eigenvalue weighted by Gasteiger charge is 2.45. The van der Waals surface area contributed by atoms with Gasteiger partial charge in [0.05, 0.1) is 16.9 Å².